The van der Waals surface area contributed by atoms with Crippen molar-refractivity contribution < 1.29 is 9.59 Å². The van der Waals surface area contributed by atoms with E-state index in [1.807, 2.05) is 22.9 Å². The van der Waals surface area contributed by atoms with Crippen LogP contribution >= 0.6 is 11.3 Å². The van der Waals surface area contributed by atoms with Crippen molar-refractivity contribution in [2.45, 2.75) is 19.9 Å². The maximum atomic E-state index is 13.0. The molecule has 0 spiro atoms. The molecule has 136 valence electrons. The number of thiazole rings is 1. The minimum Gasteiger partial charge on any atom is -0.339 e. The van der Waals surface area contributed by atoms with Gasteiger partial charge in [0.05, 0.1) is 5.69 Å². The summed E-state index contributed by atoms with van der Waals surface area (Å²) in [5.74, 6) is -0.0875. The van der Waals surface area contributed by atoms with Gasteiger partial charge in [0, 0.05) is 37.8 Å². The second kappa shape index (κ2) is 6.83. The van der Waals surface area contributed by atoms with Gasteiger partial charge >= 0.3 is 0 Å². The number of hydrogen-bond acceptors (Lipinski definition) is 7. The van der Waals surface area contributed by atoms with Gasteiger partial charge < -0.3 is 9.80 Å². The Labute approximate surface area is 153 Å². The van der Waals surface area contributed by atoms with Crippen molar-refractivity contribution in [1.82, 2.24) is 39.4 Å². The number of hydrogen-bond donors (Lipinski definition) is 0. The lowest BCUT2D eigenvalue weighted by Gasteiger charge is -2.22. The molecule has 4 rings (SSSR count). The van der Waals surface area contributed by atoms with Gasteiger partial charge in [-0.2, -0.15) is 0 Å². The molecule has 0 atom stereocenters. The summed E-state index contributed by atoms with van der Waals surface area (Å²) >= 11 is 1.51. The van der Waals surface area contributed by atoms with Gasteiger partial charge in [0.2, 0.25) is 5.91 Å². The van der Waals surface area contributed by atoms with Crippen LogP contribution < -0.4 is 0 Å². The van der Waals surface area contributed by atoms with E-state index in [9.17, 15) is 9.59 Å². The summed E-state index contributed by atoms with van der Waals surface area (Å²) < 4.78 is 3.24. The molecule has 1 aliphatic heterocycles. The number of fused-ring (bicyclic) bond motifs is 1. The standard InChI is InChI=1S/C15H18N8O2S/c1-11-13(23-7-8-26-15(23)17-11)14(25)21-4-2-3-20(5-6-21)12(24)9-22-10-16-18-19-22/h7-8,10H,2-6,9H2,1H3. The number of rotatable bonds is 3. The Morgan fingerprint density at radius 1 is 1.19 bits per heavy atom. The first-order chi connectivity index (χ1) is 12.6. The molecule has 1 fully saturated rings. The van der Waals surface area contributed by atoms with Crippen LogP contribution in [-0.4, -0.2) is 77.4 Å². The van der Waals surface area contributed by atoms with Crippen LogP contribution in [0.4, 0.5) is 0 Å². The largest absolute Gasteiger partial charge is 0.339 e. The summed E-state index contributed by atoms with van der Waals surface area (Å²) in [5.41, 5.74) is 1.34. The highest BCUT2D eigenvalue weighted by Gasteiger charge is 2.26. The molecule has 3 aromatic rings. The van der Waals surface area contributed by atoms with Crippen LogP contribution in [0.25, 0.3) is 4.96 Å². The SMILES string of the molecule is Cc1nc2sccn2c1C(=O)N1CCCN(C(=O)Cn2cnnn2)CC1. The topological polar surface area (TPSA) is 102 Å². The van der Waals surface area contributed by atoms with Crippen LogP contribution in [0.2, 0.25) is 0 Å². The minimum absolute atomic E-state index is 0.0387. The molecule has 1 aliphatic rings. The molecule has 26 heavy (non-hydrogen) atoms. The third kappa shape index (κ3) is 3.05. The van der Waals surface area contributed by atoms with Crippen molar-refractivity contribution in [3.63, 3.8) is 0 Å². The van der Waals surface area contributed by atoms with E-state index in [0.717, 1.165) is 17.1 Å². The lowest BCUT2D eigenvalue weighted by Crippen LogP contribution is -2.39. The van der Waals surface area contributed by atoms with Gasteiger partial charge in [0.25, 0.3) is 5.91 Å². The number of aryl methyl sites for hydroxylation is 1. The molecule has 10 nitrogen and oxygen atoms in total. The summed E-state index contributed by atoms with van der Waals surface area (Å²) in [6.07, 6.45) is 4.02. The third-order valence-electron chi connectivity index (χ3n) is 4.46. The number of amides is 2. The van der Waals surface area contributed by atoms with E-state index in [0.29, 0.717) is 31.9 Å². The molecule has 0 saturated carbocycles. The Morgan fingerprint density at radius 3 is 2.81 bits per heavy atom. The molecule has 0 N–H and O–H groups in total. The van der Waals surface area contributed by atoms with Crippen molar-refractivity contribution in [3.05, 3.63) is 29.3 Å². The zero-order valence-electron chi connectivity index (χ0n) is 14.3. The zero-order valence-corrected chi connectivity index (χ0v) is 15.1. The lowest BCUT2D eigenvalue weighted by molar-refractivity contribution is -0.131. The molecule has 2 amide bonds. The summed E-state index contributed by atoms with van der Waals surface area (Å²) in [6.45, 7) is 4.19. The summed E-state index contributed by atoms with van der Waals surface area (Å²) in [4.78, 5) is 34.3. The highest BCUT2D eigenvalue weighted by atomic mass is 32.1. The maximum Gasteiger partial charge on any atom is 0.272 e. The van der Waals surface area contributed by atoms with Crippen molar-refractivity contribution in [2.24, 2.45) is 0 Å². The highest BCUT2D eigenvalue weighted by molar-refractivity contribution is 7.15. The molecular formula is C15H18N8O2S. The molecule has 0 aromatic carbocycles. The van der Waals surface area contributed by atoms with Crippen LogP contribution in [0, 0.1) is 6.92 Å². The molecule has 1 saturated heterocycles. The third-order valence-corrected chi connectivity index (χ3v) is 5.22. The number of nitrogens with zero attached hydrogens (tertiary/aromatic N) is 8. The van der Waals surface area contributed by atoms with Crippen LogP contribution in [0.3, 0.4) is 0 Å². The lowest BCUT2D eigenvalue weighted by atomic mass is 10.3. The van der Waals surface area contributed by atoms with E-state index in [-0.39, 0.29) is 18.4 Å². The highest BCUT2D eigenvalue weighted by Crippen LogP contribution is 2.19. The van der Waals surface area contributed by atoms with Crippen molar-refractivity contribution in [1.29, 1.82) is 0 Å². The predicted molar refractivity (Wildman–Crippen MR) is 92.7 cm³/mol. The Balaban J connectivity index is 1.45. The fourth-order valence-electron chi connectivity index (χ4n) is 3.16. The summed E-state index contributed by atoms with van der Waals surface area (Å²) in [5, 5.41) is 12.7. The fraction of sp³-hybridized carbons (Fsp3) is 0.467. The Kier molecular flexibility index (Phi) is 4.37. The molecule has 4 heterocycles. The normalized spacial score (nSPS) is 15.4. The van der Waals surface area contributed by atoms with E-state index in [1.165, 1.54) is 22.3 Å². The zero-order chi connectivity index (χ0) is 18.1. The molecular weight excluding hydrogens is 356 g/mol. The number of carbonyl (C=O) groups excluding carboxylic acids is 2. The van der Waals surface area contributed by atoms with E-state index in [4.69, 9.17) is 0 Å². The minimum atomic E-state index is -0.0487. The van der Waals surface area contributed by atoms with Crippen LogP contribution in [-0.2, 0) is 11.3 Å². The second-order valence-electron chi connectivity index (χ2n) is 6.14. The second-order valence-corrected chi connectivity index (χ2v) is 7.01. The molecule has 0 radical (unpaired) electrons. The van der Waals surface area contributed by atoms with Gasteiger partial charge in [-0.15, -0.1) is 16.4 Å². The van der Waals surface area contributed by atoms with Gasteiger partial charge in [0.1, 0.15) is 18.6 Å². The van der Waals surface area contributed by atoms with E-state index < -0.39 is 0 Å². The molecule has 0 bridgehead atoms. The first kappa shape index (κ1) is 16.6. The van der Waals surface area contributed by atoms with Crippen molar-refractivity contribution in [2.75, 3.05) is 26.2 Å². The first-order valence-corrected chi connectivity index (χ1v) is 9.21. The number of tetrazole rings is 1. The number of aromatic nitrogens is 6. The quantitative estimate of drug-likeness (QED) is 0.643. The van der Waals surface area contributed by atoms with Crippen molar-refractivity contribution >= 4 is 28.1 Å². The van der Waals surface area contributed by atoms with Gasteiger partial charge in [-0.05, 0) is 23.8 Å². The molecule has 11 heteroatoms. The number of imidazole rings is 1. The fourth-order valence-corrected chi connectivity index (χ4v) is 3.92. The van der Waals surface area contributed by atoms with E-state index >= 15 is 0 Å². The van der Waals surface area contributed by atoms with E-state index in [2.05, 4.69) is 20.5 Å². The van der Waals surface area contributed by atoms with Crippen LogP contribution in [0.5, 0.6) is 0 Å². The first-order valence-electron chi connectivity index (χ1n) is 8.33. The van der Waals surface area contributed by atoms with Crippen molar-refractivity contribution in [3.8, 4) is 0 Å². The smallest absolute Gasteiger partial charge is 0.272 e. The van der Waals surface area contributed by atoms with Gasteiger partial charge in [-0.3, -0.25) is 14.0 Å². The van der Waals surface area contributed by atoms with Crippen LogP contribution in [0.15, 0.2) is 17.9 Å². The summed E-state index contributed by atoms with van der Waals surface area (Å²) in [6, 6.07) is 0. The Hall–Kier alpha value is -2.82. The molecule has 0 unspecified atom stereocenters. The van der Waals surface area contributed by atoms with E-state index in [1.54, 1.807) is 9.80 Å². The summed E-state index contributed by atoms with van der Waals surface area (Å²) in [7, 11) is 0. The number of carbonyl (C=O) groups is 2. The van der Waals surface area contributed by atoms with Crippen LogP contribution in [0.1, 0.15) is 22.6 Å². The van der Waals surface area contributed by atoms with Gasteiger partial charge in [0.15, 0.2) is 4.96 Å². The Morgan fingerprint density at radius 2 is 2.00 bits per heavy atom. The molecule has 0 aliphatic carbocycles. The maximum absolute atomic E-state index is 13.0. The monoisotopic (exact) mass is 374 g/mol. The average molecular weight is 374 g/mol. The average Bonchev–Trinajstić information content (AvgIpc) is 3.28. The molecule has 3 aromatic heterocycles. The Bertz CT molecular complexity index is 931. The van der Waals surface area contributed by atoms with Gasteiger partial charge in [-0.1, -0.05) is 0 Å². The predicted octanol–water partition coefficient (Wildman–Crippen LogP) is 0.0654. The van der Waals surface area contributed by atoms with Gasteiger partial charge in [-0.25, -0.2) is 9.67 Å².